The average Bonchev–Trinajstić information content (AvgIpc) is 2.73. The van der Waals surface area contributed by atoms with Gasteiger partial charge in [0.2, 0.25) is 10.0 Å². The maximum Gasteiger partial charge on any atom is 0.288 e. The summed E-state index contributed by atoms with van der Waals surface area (Å²) in [7, 11) is -3.48. The highest BCUT2D eigenvalue weighted by Gasteiger charge is 2.34. The molecule has 0 spiro atoms. The molecule has 1 N–H and O–H groups in total. The van der Waals surface area contributed by atoms with Crippen molar-refractivity contribution in [3.05, 3.63) is 86.5 Å². The second-order valence-corrected chi connectivity index (χ2v) is 10.2. The van der Waals surface area contributed by atoms with E-state index in [0.717, 1.165) is 22.9 Å². The SMILES string of the molecule is CS(=O)(=O)NC1CCc2c(Cl)nc(Cl)c(=O)n2C1Cc1cccc(-c2ccccc2)c1. The highest BCUT2D eigenvalue weighted by Crippen LogP contribution is 2.32. The Balaban J connectivity index is 1.78. The lowest BCUT2D eigenvalue weighted by Crippen LogP contribution is -2.48. The zero-order valence-corrected chi connectivity index (χ0v) is 19.1. The molecule has 2 aromatic carbocycles. The van der Waals surface area contributed by atoms with Gasteiger partial charge in [0.25, 0.3) is 5.56 Å². The lowest BCUT2D eigenvalue weighted by Gasteiger charge is -2.35. The van der Waals surface area contributed by atoms with Crippen molar-refractivity contribution >= 4 is 33.2 Å². The molecular weight excluding hydrogens is 457 g/mol. The summed E-state index contributed by atoms with van der Waals surface area (Å²) in [4.78, 5) is 16.8. The number of halogens is 2. The van der Waals surface area contributed by atoms with E-state index in [1.807, 2.05) is 48.5 Å². The number of sulfonamides is 1. The van der Waals surface area contributed by atoms with Gasteiger partial charge in [0.05, 0.1) is 18.0 Å². The normalized spacial score (nSPS) is 18.5. The molecule has 3 aromatic rings. The Bertz CT molecular complexity index is 1280. The van der Waals surface area contributed by atoms with E-state index >= 15 is 0 Å². The van der Waals surface area contributed by atoms with Gasteiger partial charge in [-0.15, -0.1) is 0 Å². The molecule has 4 rings (SSSR count). The summed E-state index contributed by atoms with van der Waals surface area (Å²) in [6.45, 7) is 0. The third-order valence-electron chi connectivity index (χ3n) is 5.45. The number of fused-ring (bicyclic) bond motifs is 1. The Morgan fingerprint density at radius 1 is 1.06 bits per heavy atom. The largest absolute Gasteiger partial charge is 0.302 e. The first-order valence-electron chi connectivity index (χ1n) is 9.81. The van der Waals surface area contributed by atoms with Crippen LogP contribution in [-0.4, -0.2) is 30.3 Å². The first-order chi connectivity index (χ1) is 14.7. The van der Waals surface area contributed by atoms with Crippen molar-refractivity contribution in [2.45, 2.75) is 31.3 Å². The predicted molar refractivity (Wildman–Crippen MR) is 123 cm³/mol. The molecule has 9 heteroatoms. The van der Waals surface area contributed by atoms with E-state index < -0.39 is 27.7 Å². The highest BCUT2D eigenvalue weighted by atomic mass is 35.5. The number of nitrogens with zero attached hydrogens (tertiary/aromatic N) is 2. The summed E-state index contributed by atoms with van der Waals surface area (Å²) in [5.74, 6) is 0. The molecule has 2 heterocycles. The van der Waals surface area contributed by atoms with Crippen LogP contribution >= 0.6 is 23.2 Å². The Morgan fingerprint density at radius 2 is 1.77 bits per heavy atom. The molecule has 2 unspecified atom stereocenters. The summed E-state index contributed by atoms with van der Waals surface area (Å²) in [6, 6.07) is 17.0. The van der Waals surface area contributed by atoms with Crippen LogP contribution in [0.3, 0.4) is 0 Å². The van der Waals surface area contributed by atoms with E-state index in [1.165, 1.54) is 4.57 Å². The standard InChI is InChI=1S/C22H21Cl2N3O3S/c1-31(29,30)26-17-10-11-18-20(23)25-21(24)22(28)27(18)19(17)13-14-6-5-9-16(12-14)15-7-3-2-4-8-15/h2-9,12,17,19,26H,10-11,13H2,1H3. The minimum absolute atomic E-state index is 0.172. The van der Waals surface area contributed by atoms with Gasteiger partial charge in [-0.05, 0) is 36.0 Å². The molecule has 1 aromatic heterocycles. The molecule has 0 saturated carbocycles. The Hall–Kier alpha value is -2.19. The fraction of sp³-hybridized carbons (Fsp3) is 0.273. The quantitative estimate of drug-likeness (QED) is 0.604. The number of nitrogens with one attached hydrogen (secondary N) is 1. The van der Waals surface area contributed by atoms with Crippen molar-refractivity contribution < 1.29 is 8.42 Å². The Labute approximate surface area is 190 Å². The Kier molecular flexibility index (Phi) is 6.21. The van der Waals surface area contributed by atoms with Gasteiger partial charge in [-0.3, -0.25) is 4.79 Å². The van der Waals surface area contributed by atoms with Gasteiger partial charge in [0.1, 0.15) is 0 Å². The van der Waals surface area contributed by atoms with Crippen LogP contribution in [0, 0.1) is 0 Å². The maximum atomic E-state index is 12.9. The second-order valence-electron chi connectivity index (χ2n) is 7.69. The van der Waals surface area contributed by atoms with Crippen molar-refractivity contribution in [1.29, 1.82) is 0 Å². The van der Waals surface area contributed by atoms with Gasteiger partial charge >= 0.3 is 0 Å². The molecule has 0 aliphatic carbocycles. The fourth-order valence-electron chi connectivity index (χ4n) is 4.15. The fourth-order valence-corrected chi connectivity index (χ4v) is 5.47. The van der Waals surface area contributed by atoms with Gasteiger partial charge in [-0.2, -0.15) is 0 Å². The first kappa shape index (κ1) is 22.0. The van der Waals surface area contributed by atoms with Crippen molar-refractivity contribution in [1.82, 2.24) is 14.3 Å². The summed E-state index contributed by atoms with van der Waals surface area (Å²) < 4.78 is 28.2. The molecule has 31 heavy (non-hydrogen) atoms. The molecule has 0 radical (unpaired) electrons. The van der Waals surface area contributed by atoms with E-state index in [4.69, 9.17) is 23.2 Å². The van der Waals surface area contributed by atoms with Gasteiger partial charge < -0.3 is 4.57 Å². The van der Waals surface area contributed by atoms with Crippen LogP contribution in [0.5, 0.6) is 0 Å². The van der Waals surface area contributed by atoms with E-state index in [1.54, 1.807) is 0 Å². The number of hydrogen-bond acceptors (Lipinski definition) is 4. The number of benzene rings is 2. The highest BCUT2D eigenvalue weighted by molar-refractivity contribution is 7.88. The molecule has 1 aliphatic heterocycles. The van der Waals surface area contributed by atoms with Crippen molar-refractivity contribution in [3.8, 4) is 11.1 Å². The van der Waals surface area contributed by atoms with Crippen LogP contribution < -0.4 is 10.3 Å². The topological polar surface area (TPSA) is 81.1 Å². The van der Waals surface area contributed by atoms with Crippen molar-refractivity contribution in [2.24, 2.45) is 0 Å². The summed E-state index contributed by atoms with van der Waals surface area (Å²) >= 11 is 12.3. The van der Waals surface area contributed by atoms with Crippen LogP contribution in [0.15, 0.2) is 59.4 Å². The first-order valence-corrected chi connectivity index (χ1v) is 12.5. The molecular formula is C22H21Cl2N3O3S. The zero-order valence-electron chi connectivity index (χ0n) is 16.8. The van der Waals surface area contributed by atoms with Gasteiger partial charge in [-0.1, -0.05) is 77.8 Å². The summed E-state index contributed by atoms with van der Waals surface area (Å²) in [5.41, 5.74) is 3.19. The lowest BCUT2D eigenvalue weighted by molar-refractivity contribution is 0.314. The molecule has 1 aliphatic rings. The second kappa shape index (κ2) is 8.74. The zero-order chi connectivity index (χ0) is 22.2. The smallest absolute Gasteiger partial charge is 0.288 e. The van der Waals surface area contributed by atoms with E-state index in [9.17, 15) is 13.2 Å². The van der Waals surface area contributed by atoms with E-state index in [2.05, 4.69) is 15.8 Å². The molecule has 2 atom stereocenters. The van der Waals surface area contributed by atoms with E-state index in [-0.39, 0.29) is 10.3 Å². The predicted octanol–water partition coefficient (Wildman–Crippen LogP) is 3.86. The van der Waals surface area contributed by atoms with Gasteiger partial charge in [0, 0.05) is 6.04 Å². The number of aromatic nitrogens is 2. The summed E-state index contributed by atoms with van der Waals surface area (Å²) in [5, 5.41) is -0.0535. The van der Waals surface area contributed by atoms with E-state index in [0.29, 0.717) is 25.0 Å². The van der Waals surface area contributed by atoms with Crippen molar-refractivity contribution in [3.63, 3.8) is 0 Å². The van der Waals surface area contributed by atoms with Gasteiger partial charge in [0.15, 0.2) is 10.3 Å². The third kappa shape index (κ3) is 4.85. The van der Waals surface area contributed by atoms with Crippen LogP contribution in [-0.2, 0) is 22.9 Å². The maximum absolute atomic E-state index is 12.9. The van der Waals surface area contributed by atoms with Crippen molar-refractivity contribution in [2.75, 3.05) is 6.26 Å². The molecule has 162 valence electrons. The summed E-state index contributed by atoms with van der Waals surface area (Å²) in [6.07, 6.45) is 2.47. The van der Waals surface area contributed by atoms with Crippen LogP contribution in [0.4, 0.5) is 0 Å². The molecule has 0 fully saturated rings. The minimum Gasteiger partial charge on any atom is -0.302 e. The van der Waals surface area contributed by atoms with Crippen LogP contribution in [0.2, 0.25) is 10.3 Å². The number of rotatable bonds is 5. The van der Waals surface area contributed by atoms with Crippen LogP contribution in [0.1, 0.15) is 23.7 Å². The molecule has 0 saturated heterocycles. The Morgan fingerprint density at radius 3 is 2.48 bits per heavy atom. The lowest BCUT2D eigenvalue weighted by atomic mass is 9.91. The number of hydrogen-bond donors (Lipinski definition) is 1. The third-order valence-corrected chi connectivity index (χ3v) is 6.73. The van der Waals surface area contributed by atoms with Crippen LogP contribution in [0.25, 0.3) is 11.1 Å². The minimum atomic E-state index is -3.48. The molecule has 0 amide bonds. The van der Waals surface area contributed by atoms with Gasteiger partial charge in [-0.25, -0.2) is 18.1 Å². The monoisotopic (exact) mass is 477 g/mol. The molecule has 0 bridgehead atoms. The average molecular weight is 478 g/mol. The molecule has 6 nitrogen and oxygen atoms in total.